The quantitative estimate of drug-likeness (QED) is 0.282. The van der Waals surface area contributed by atoms with Gasteiger partial charge in [-0.1, -0.05) is 35.0 Å². The number of aromatic nitrogens is 1. The molecule has 0 saturated carbocycles. The molecule has 0 unspecified atom stereocenters. The summed E-state index contributed by atoms with van der Waals surface area (Å²) in [6.45, 7) is 2.17. The van der Waals surface area contributed by atoms with Crippen LogP contribution in [-0.2, 0) is 4.79 Å². The number of nitrogens with zero attached hydrogens (tertiary/aromatic N) is 2. The SMILES string of the molecule is COc1ccc2nccc([C@H](F)CC[C@@H]3CCN(CC#Cc4ccc(Cl)c(Cl)c4)C[C@H]3CCC(=O)O)c2c1. The molecule has 3 aromatic rings. The molecule has 1 fully saturated rings. The predicted molar refractivity (Wildman–Crippen MR) is 150 cm³/mol. The van der Waals surface area contributed by atoms with Gasteiger partial charge in [-0.2, -0.15) is 0 Å². The van der Waals surface area contributed by atoms with Gasteiger partial charge in [0, 0.05) is 30.1 Å². The molecule has 1 aromatic heterocycles. The molecule has 8 heteroatoms. The van der Waals surface area contributed by atoms with Crippen LogP contribution < -0.4 is 4.74 Å². The summed E-state index contributed by atoms with van der Waals surface area (Å²) >= 11 is 12.1. The maximum atomic E-state index is 15.5. The van der Waals surface area contributed by atoms with Crippen molar-refractivity contribution in [1.82, 2.24) is 9.88 Å². The fraction of sp³-hybridized carbons (Fsp3) is 0.400. The van der Waals surface area contributed by atoms with Crippen molar-refractivity contribution in [2.45, 2.75) is 38.3 Å². The van der Waals surface area contributed by atoms with Crippen molar-refractivity contribution in [3.8, 4) is 17.6 Å². The van der Waals surface area contributed by atoms with Crippen LogP contribution in [0.1, 0.15) is 49.4 Å². The summed E-state index contributed by atoms with van der Waals surface area (Å²) < 4.78 is 20.9. The number of likely N-dealkylation sites (tertiary alicyclic amines) is 1. The zero-order chi connectivity index (χ0) is 27.1. The van der Waals surface area contributed by atoms with Crippen LogP contribution in [0.4, 0.5) is 4.39 Å². The summed E-state index contributed by atoms with van der Waals surface area (Å²) in [7, 11) is 1.59. The molecule has 0 amide bonds. The van der Waals surface area contributed by atoms with Gasteiger partial charge in [-0.05, 0) is 92.1 Å². The highest BCUT2D eigenvalue weighted by Gasteiger charge is 2.30. The second-order valence-electron chi connectivity index (χ2n) is 9.74. The normalized spacial score (nSPS) is 18.5. The van der Waals surface area contributed by atoms with E-state index in [0.717, 1.165) is 36.0 Å². The monoisotopic (exact) mass is 556 g/mol. The number of pyridine rings is 1. The third-order valence-electron chi connectivity index (χ3n) is 7.27. The van der Waals surface area contributed by atoms with E-state index in [-0.39, 0.29) is 18.3 Å². The summed E-state index contributed by atoms with van der Waals surface area (Å²) in [5.41, 5.74) is 2.15. The summed E-state index contributed by atoms with van der Waals surface area (Å²) in [6.07, 6.45) is 3.15. The predicted octanol–water partition coefficient (Wildman–Crippen LogP) is 7.20. The number of methoxy groups -OCH3 is 1. The molecule has 0 radical (unpaired) electrons. The van der Waals surface area contributed by atoms with Crippen LogP contribution in [0.5, 0.6) is 5.75 Å². The third kappa shape index (κ3) is 7.38. The Labute approximate surface area is 232 Å². The molecule has 0 spiro atoms. The number of alkyl halides is 1. The number of carboxylic acids is 1. The molecule has 3 atom stereocenters. The van der Waals surface area contributed by atoms with Gasteiger partial charge < -0.3 is 9.84 Å². The number of carbonyl (C=O) groups is 1. The van der Waals surface area contributed by atoms with Crippen LogP contribution >= 0.6 is 23.2 Å². The summed E-state index contributed by atoms with van der Waals surface area (Å²) in [5, 5.41) is 11.0. The fourth-order valence-corrected chi connectivity index (χ4v) is 5.50. The van der Waals surface area contributed by atoms with Crippen LogP contribution in [0.15, 0.2) is 48.7 Å². The molecule has 1 aliphatic heterocycles. The van der Waals surface area contributed by atoms with Crippen molar-refractivity contribution in [1.29, 1.82) is 0 Å². The first kappa shape index (κ1) is 28.2. The largest absolute Gasteiger partial charge is 0.497 e. The Hall–Kier alpha value is -2.85. The first-order chi connectivity index (χ1) is 18.3. The van der Waals surface area contributed by atoms with E-state index in [4.69, 9.17) is 27.9 Å². The Balaban J connectivity index is 1.39. The molecule has 1 saturated heterocycles. The fourth-order valence-electron chi connectivity index (χ4n) is 5.21. The molecule has 0 bridgehead atoms. The maximum Gasteiger partial charge on any atom is 0.303 e. The van der Waals surface area contributed by atoms with Gasteiger partial charge in [0.15, 0.2) is 0 Å². The summed E-state index contributed by atoms with van der Waals surface area (Å²) in [4.78, 5) is 17.9. The van der Waals surface area contributed by atoms with Crippen molar-refractivity contribution >= 4 is 40.1 Å². The first-order valence-corrected chi connectivity index (χ1v) is 13.5. The van der Waals surface area contributed by atoms with Crippen molar-refractivity contribution in [3.05, 3.63) is 69.8 Å². The van der Waals surface area contributed by atoms with Crippen LogP contribution in [-0.4, -0.2) is 47.7 Å². The van der Waals surface area contributed by atoms with E-state index in [2.05, 4.69) is 21.7 Å². The number of hydrogen-bond acceptors (Lipinski definition) is 4. The third-order valence-corrected chi connectivity index (χ3v) is 8.01. The van der Waals surface area contributed by atoms with Crippen molar-refractivity contribution in [2.75, 3.05) is 26.7 Å². The lowest BCUT2D eigenvalue weighted by molar-refractivity contribution is -0.137. The van der Waals surface area contributed by atoms with E-state index in [1.807, 2.05) is 24.3 Å². The second-order valence-corrected chi connectivity index (χ2v) is 10.5. The van der Waals surface area contributed by atoms with Gasteiger partial charge in [-0.25, -0.2) is 4.39 Å². The number of hydrogen-bond donors (Lipinski definition) is 1. The molecule has 0 aliphatic carbocycles. The van der Waals surface area contributed by atoms with Crippen LogP contribution in [0.25, 0.3) is 10.9 Å². The highest BCUT2D eigenvalue weighted by atomic mass is 35.5. The number of carboxylic acid groups (broad SMARTS) is 1. The number of fused-ring (bicyclic) bond motifs is 1. The standard InChI is InChI=1S/C30H31Cl2FN2O3/c1-38-23-7-10-29-25(18-23)24(12-14-34-29)28(33)9-5-21-13-16-35(19-22(21)6-11-30(36)37)15-2-3-20-4-8-26(31)27(32)17-20/h4,7-8,10,12,14,17-18,21-22,28H,5-6,9,11,13,15-16,19H2,1H3,(H,36,37)/t21-,22-,28-/m1/s1. The molecule has 2 heterocycles. The van der Waals surface area contributed by atoms with Gasteiger partial charge in [0.05, 0.1) is 29.2 Å². The minimum Gasteiger partial charge on any atom is -0.497 e. The van der Waals surface area contributed by atoms with E-state index in [1.54, 1.807) is 31.5 Å². The molecular weight excluding hydrogens is 526 g/mol. The number of benzene rings is 2. The molecule has 1 N–H and O–H groups in total. The van der Waals surface area contributed by atoms with E-state index >= 15 is 4.39 Å². The maximum absolute atomic E-state index is 15.5. The number of ether oxygens (including phenoxy) is 1. The minimum atomic E-state index is -1.14. The molecule has 200 valence electrons. The van der Waals surface area contributed by atoms with Crippen molar-refractivity contribution < 1.29 is 19.0 Å². The number of halogens is 3. The Morgan fingerprint density at radius 2 is 2.03 bits per heavy atom. The molecule has 1 aliphatic rings. The number of aliphatic carboxylic acids is 1. The lowest BCUT2D eigenvalue weighted by atomic mass is 9.79. The van der Waals surface area contributed by atoms with Gasteiger partial charge in [-0.3, -0.25) is 14.7 Å². The van der Waals surface area contributed by atoms with Crippen LogP contribution in [0.3, 0.4) is 0 Å². The van der Waals surface area contributed by atoms with Crippen molar-refractivity contribution in [2.24, 2.45) is 11.8 Å². The van der Waals surface area contributed by atoms with Crippen LogP contribution in [0, 0.1) is 23.7 Å². The Bertz CT molecular complexity index is 1340. The highest BCUT2D eigenvalue weighted by Crippen LogP contribution is 2.36. The van der Waals surface area contributed by atoms with Gasteiger partial charge >= 0.3 is 5.97 Å². The van der Waals surface area contributed by atoms with Gasteiger partial charge in [0.1, 0.15) is 11.9 Å². The van der Waals surface area contributed by atoms with E-state index in [1.165, 1.54) is 0 Å². The zero-order valence-electron chi connectivity index (χ0n) is 21.3. The Kier molecular flexibility index (Phi) is 9.85. The first-order valence-electron chi connectivity index (χ1n) is 12.8. The van der Waals surface area contributed by atoms with E-state index < -0.39 is 12.1 Å². The van der Waals surface area contributed by atoms with Crippen LogP contribution in [0.2, 0.25) is 10.0 Å². The Morgan fingerprint density at radius 1 is 1.18 bits per heavy atom. The average molecular weight is 557 g/mol. The van der Waals surface area contributed by atoms with Crippen molar-refractivity contribution in [3.63, 3.8) is 0 Å². The number of piperidine rings is 1. The molecule has 2 aromatic carbocycles. The van der Waals surface area contributed by atoms with Gasteiger partial charge in [0.2, 0.25) is 0 Å². The lowest BCUT2D eigenvalue weighted by Gasteiger charge is -2.38. The highest BCUT2D eigenvalue weighted by molar-refractivity contribution is 6.42. The second kappa shape index (κ2) is 13.3. The average Bonchev–Trinajstić information content (AvgIpc) is 2.92. The Morgan fingerprint density at radius 3 is 2.79 bits per heavy atom. The smallest absolute Gasteiger partial charge is 0.303 e. The molecule has 5 nitrogen and oxygen atoms in total. The lowest BCUT2D eigenvalue weighted by Crippen LogP contribution is -2.41. The topological polar surface area (TPSA) is 62.7 Å². The van der Waals surface area contributed by atoms with E-state index in [9.17, 15) is 9.90 Å². The molecular formula is C30H31Cl2FN2O3. The van der Waals surface area contributed by atoms with E-state index in [0.29, 0.717) is 47.2 Å². The summed E-state index contributed by atoms with van der Waals surface area (Å²) in [5.74, 6) is 6.62. The minimum absolute atomic E-state index is 0.109. The number of rotatable bonds is 9. The molecule has 4 rings (SSSR count). The summed E-state index contributed by atoms with van der Waals surface area (Å²) in [6, 6.07) is 12.5. The van der Waals surface area contributed by atoms with Gasteiger partial charge in [-0.15, -0.1) is 0 Å². The van der Waals surface area contributed by atoms with Gasteiger partial charge in [0.25, 0.3) is 0 Å². The molecule has 38 heavy (non-hydrogen) atoms. The zero-order valence-corrected chi connectivity index (χ0v) is 22.8.